The molecular formula is C13H14N4O2. The summed E-state index contributed by atoms with van der Waals surface area (Å²) >= 11 is 0. The van der Waals surface area contributed by atoms with E-state index in [1.165, 1.54) is 18.0 Å². The molecule has 0 aliphatic heterocycles. The van der Waals surface area contributed by atoms with Crippen LogP contribution in [-0.2, 0) is 6.42 Å². The van der Waals surface area contributed by atoms with Gasteiger partial charge in [0.1, 0.15) is 12.1 Å². The predicted octanol–water partition coefficient (Wildman–Crippen LogP) is 1.25. The second kappa shape index (κ2) is 5.90. The van der Waals surface area contributed by atoms with Crippen molar-refractivity contribution in [2.45, 2.75) is 6.42 Å². The molecule has 0 aliphatic carbocycles. The Hall–Kier alpha value is -2.50. The molecule has 2 heterocycles. The normalized spacial score (nSPS) is 10.2. The first kappa shape index (κ1) is 12.9. The molecule has 1 N–H and O–H groups in total. The summed E-state index contributed by atoms with van der Waals surface area (Å²) in [7, 11) is 1.87. The van der Waals surface area contributed by atoms with E-state index in [1.54, 1.807) is 12.4 Å². The van der Waals surface area contributed by atoms with Crippen LogP contribution in [0.2, 0.25) is 0 Å². The zero-order valence-electron chi connectivity index (χ0n) is 10.5. The van der Waals surface area contributed by atoms with Gasteiger partial charge in [0.05, 0.1) is 0 Å². The van der Waals surface area contributed by atoms with Gasteiger partial charge in [-0.15, -0.1) is 0 Å². The summed E-state index contributed by atoms with van der Waals surface area (Å²) < 4.78 is 0. The zero-order chi connectivity index (χ0) is 13.7. The first-order chi connectivity index (χ1) is 9.16. The number of anilines is 1. The first-order valence-corrected chi connectivity index (χ1v) is 5.82. The number of likely N-dealkylation sites (N-methyl/N-ethyl adjacent to an activating group) is 1. The Morgan fingerprint density at radius 2 is 2.05 bits per heavy atom. The van der Waals surface area contributed by atoms with Gasteiger partial charge < -0.3 is 10.0 Å². The van der Waals surface area contributed by atoms with E-state index in [9.17, 15) is 4.79 Å². The fraction of sp³-hybridized carbons (Fsp3) is 0.231. The summed E-state index contributed by atoms with van der Waals surface area (Å²) in [4.78, 5) is 24.5. The molecule has 0 amide bonds. The third kappa shape index (κ3) is 3.48. The molecule has 0 atom stereocenters. The quantitative estimate of drug-likeness (QED) is 0.869. The lowest BCUT2D eigenvalue weighted by molar-refractivity contribution is 0.0690. The number of carbonyl (C=O) groups is 1. The number of aromatic carboxylic acids is 1. The van der Waals surface area contributed by atoms with E-state index in [2.05, 4.69) is 15.0 Å². The predicted molar refractivity (Wildman–Crippen MR) is 70.2 cm³/mol. The Balaban J connectivity index is 2.02. The van der Waals surface area contributed by atoms with E-state index in [4.69, 9.17) is 5.11 Å². The van der Waals surface area contributed by atoms with Crippen molar-refractivity contribution in [3.63, 3.8) is 0 Å². The highest BCUT2D eigenvalue weighted by Crippen LogP contribution is 2.10. The second-order valence-corrected chi connectivity index (χ2v) is 4.09. The van der Waals surface area contributed by atoms with E-state index < -0.39 is 5.97 Å². The molecule has 2 aromatic rings. The van der Waals surface area contributed by atoms with Crippen molar-refractivity contribution >= 4 is 11.8 Å². The third-order valence-corrected chi connectivity index (χ3v) is 2.75. The Labute approximate surface area is 110 Å². The maximum absolute atomic E-state index is 10.8. The molecule has 0 fully saturated rings. The average Bonchev–Trinajstić information content (AvgIpc) is 2.46. The summed E-state index contributed by atoms with van der Waals surface area (Å²) in [5.74, 6) is -0.451. The van der Waals surface area contributed by atoms with Crippen molar-refractivity contribution in [3.8, 4) is 0 Å². The molecule has 0 aliphatic rings. The number of carboxylic acid groups (broad SMARTS) is 1. The molecule has 0 radical (unpaired) electrons. The van der Waals surface area contributed by atoms with Crippen LogP contribution in [0.1, 0.15) is 16.1 Å². The number of hydrogen-bond donors (Lipinski definition) is 1. The Kier molecular flexibility index (Phi) is 4.02. The standard InChI is InChI=1S/C13H14N4O2/c1-17(7-4-10-2-5-14-6-3-10)12-8-11(13(18)19)15-9-16-12/h2-3,5-6,8-9H,4,7H2,1H3,(H,18,19). The minimum Gasteiger partial charge on any atom is -0.477 e. The van der Waals surface area contributed by atoms with Gasteiger partial charge in [-0.1, -0.05) is 0 Å². The molecule has 0 bridgehead atoms. The van der Waals surface area contributed by atoms with Gasteiger partial charge >= 0.3 is 5.97 Å². The van der Waals surface area contributed by atoms with Crippen LogP contribution >= 0.6 is 0 Å². The van der Waals surface area contributed by atoms with E-state index in [1.807, 2.05) is 24.1 Å². The average molecular weight is 258 g/mol. The minimum absolute atomic E-state index is 0.000705. The maximum Gasteiger partial charge on any atom is 0.354 e. The Morgan fingerprint density at radius 3 is 2.74 bits per heavy atom. The number of rotatable bonds is 5. The van der Waals surface area contributed by atoms with E-state index in [0.717, 1.165) is 13.0 Å². The molecule has 19 heavy (non-hydrogen) atoms. The van der Waals surface area contributed by atoms with Crippen molar-refractivity contribution in [1.82, 2.24) is 15.0 Å². The van der Waals surface area contributed by atoms with Gasteiger partial charge in [-0.2, -0.15) is 0 Å². The zero-order valence-corrected chi connectivity index (χ0v) is 10.5. The van der Waals surface area contributed by atoms with Crippen molar-refractivity contribution in [2.75, 3.05) is 18.5 Å². The van der Waals surface area contributed by atoms with Crippen LogP contribution in [0.15, 0.2) is 36.9 Å². The van der Waals surface area contributed by atoms with Gasteiger partial charge in [0, 0.05) is 32.1 Å². The van der Waals surface area contributed by atoms with Gasteiger partial charge in [-0.3, -0.25) is 4.98 Å². The lowest BCUT2D eigenvalue weighted by Gasteiger charge is -2.17. The summed E-state index contributed by atoms with van der Waals surface area (Å²) in [6.07, 6.45) is 5.61. The second-order valence-electron chi connectivity index (χ2n) is 4.09. The van der Waals surface area contributed by atoms with E-state index >= 15 is 0 Å². The van der Waals surface area contributed by atoms with Gasteiger partial charge in [-0.25, -0.2) is 14.8 Å². The van der Waals surface area contributed by atoms with Crippen LogP contribution in [-0.4, -0.2) is 39.6 Å². The fourth-order valence-corrected chi connectivity index (χ4v) is 1.63. The van der Waals surface area contributed by atoms with Gasteiger partial charge in [-0.05, 0) is 24.1 Å². The van der Waals surface area contributed by atoms with Crippen LogP contribution in [0.3, 0.4) is 0 Å². The number of carboxylic acids is 1. The van der Waals surface area contributed by atoms with Crippen LogP contribution < -0.4 is 4.90 Å². The molecule has 2 aromatic heterocycles. The highest BCUT2D eigenvalue weighted by atomic mass is 16.4. The van der Waals surface area contributed by atoms with Crippen molar-refractivity contribution in [1.29, 1.82) is 0 Å². The van der Waals surface area contributed by atoms with Crippen LogP contribution in [0.5, 0.6) is 0 Å². The van der Waals surface area contributed by atoms with Gasteiger partial charge in [0.15, 0.2) is 5.69 Å². The molecule has 0 unspecified atom stereocenters. The molecule has 0 spiro atoms. The monoisotopic (exact) mass is 258 g/mol. The van der Waals surface area contributed by atoms with E-state index in [0.29, 0.717) is 5.82 Å². The van der Waals surface area contributed by atoms with E-state index in [-0.39, 0.29) is 5.69 Å². The number of aromatic nitrogens is 3. The van der Waals surface area contributed by atoms with Crippen LogP contribution in [0.4, 0.5) is 5.82 Å². The largest absolute Gasteiger partial charge is 0.477 e. The molecule has 0 aromatic carbocycles. The topological polar surface area (TPSA) is 79.2 Å². The molecule has 98 valence electrons. The molecule has 0 saturated heterocycles. The number of nitrogens with zero attached hydrogens (tertiary/aromatic N) is 4. The molecule has 6 heteroatoms. The molecule has 6 nitrogen and oxygen atoms in total. The third-order valence-electron chi connectivity index (χ3n) is 2.75. The fourth-order valence-electron chi connectivity index (χ4n) is 1.63. The summed E-state index contributed by atoms with van der Waals surface area (Å²) in [6, 6.07) is 5.38. The highest BCUT2D eigenvalue weighted by molar-refractivity contribution is 5.86. The van der Waals surface area contributed by atoms with Crippen molar-refractivity contribution < 1.29 is 9.90 Å². The summed E-state index contributed by atoms with van der Waals surface area (Å²) in [5, 5.41) is 8.88. The van der Waals surface area contributed by atoms with Crippen molar-refractivity contribution in [2.24, 2.45) is 0 Å². The Morgan fingerprint density at radius 1 is 1.32 bits per heavy atom. The van der Waals surface area contributed by atoms with Crippen LogP contribution in [0.25, 0.3) is 0 Å². The van der Waals surface area contributed by atoms with Gasteiger partial charge in [0.2, 0.25) is 0 Å². The molecular weight excluding hydrogens is 244 g/mol. The lowest BCUT2D eigenvalue weighted by atomic mass is 10.2. The smallest absolute Gasteiger partial charge is 0.354 e. The first-order valence-electron chi connectivity index (χ1n) is 5.82. The summed E-state index contributed by atoms with van der Waals surface area (Å²) in [6.45, 7) is 0.736. The summed E-state index contributed by atoms with van der Waals surface area (Å²) in [5.41, 5.74) is 1.18. The maximum atomic E-state index is 10.8. The van der Waals surface area contributed by atoms with Crippen molar-refractivity contribution in [3.05, 3.63) is 48.2 Å². The highest BCUT2D eigenvalue weighted by Gasteiger charge is 2.09. The molecule has 2 rings (SSSR count). The number of hydrogen-bond acceptors (Lipinski definition) is 5. The number of pyridine rings is 1. The lowest BCUT2D eigenvalue weighted by Crippen LogP contribution is -2.22. The molecule has 0 saturated carbocycles. The minimum atomic E-state index is -1.05. The van der Waals surface area contributed by atoms with Gasteiger partial charge in [0.25, 0.3) is 0 Å². The Bertz CT molecular complexity index is 560. The van der Waals surface area contributed by atoms with Crippen LogP contribution in [0, 0.1) is 0 Å². The SMILES string of the molecule is CN(CCc1ccncc1)c1cc(C(=O)O)ncn1.